The van der Waals surface area contributed by atoms with Crippen LogP contribution in [-0.2, 0) is 5.41 Å². The molecule has 0 amide bonds. The highest BCUT2D eigenvalue weighted by Gasteiger charge is 2.35. The second-order valence-corrected chi connectivity index (χ2v) is 13.3. The van der Waals surface area contributed by atoms with Gasteiger partial charge in [0.15, 0.2) is 0 Å². The summed E-state index contributed by atoms with van der Waals surface area (Å²) in [5.41, 5.74) is 12.7. The zero-order valence-electron chi connectivity index (χ0n) is 25.8. The Labute approximate surface area is 268 Å². The Morgan fingerprint density at radius 2 is 1.09 bits per heavy atom. The average Bonchev–Trinajstić information content (AvgIpc) is 3.32. The van der Waals surface area contributed by atoms with Crippen molar-refractivity contribution in [3.8, 4) is 56.0 Å². The van der Waals surface area contributed by atoms with Crippen LogP contribution in [0.5, 0.6) is 11.5 Å². The van der Waals surface area contributed by atoms with Crippen molar-refractivity contribution in [2.75, 3.05) is 0 Å². The number of fused-ring (bicyclic) bond motifs is 7. The van der Waals surface area contributed by atoms with E-state index in [1.807, 2.05) is 0 Å². The van der Waals surface area contributed by atoms with E-state index in [0.717, 1.165) is 17.1 Å². The highest BCUT2D eigenvalue weighted by atomic mass is 16.5. The van der Waals surface area contributed by atoms with Crippen molar-refractivity contribution in [3.63, 3.8) is 0 Å². The van der Waals surface area contributed by atoms with Crippen LogP contribution in [0.2, 0.25) is 0 Å². The number of hydrogen-bond acceptors (Lipinski definition) is 1. The maximum absolute atomic E-state index is 6.58. The van der Waals surface area contributed by atoms with Gasteiger partial charge in [0.2, 0.25) is 0 Å². The highest BCUT2D eigenvalue weighted by molar-refractivity contribution is 6.10. The number of hydrogen-bond donors (Lipinski definition) is 0. The van der Waals surface area contributed by atoms with Gasteiger partial charge in [-0.1, -0.05) is 117 Å². The maximum Gasteiger partial charge on any atom is 0.135 e. The van der Waals surface area contributed by atoms with E-state index >= 15 is 0 Å². The predicted octanol–water partition coefficient (Wildman–Crippen LogP) is 12.6. The highest BCUT2D eigenvalue weighted by Crippen LogP contribution is 2.51. The normalized spacial score (nSPS) is 13.8. The third-order valence-corrected chi connectivity index (χ3v) is 10.4. The Morgan fingerprint density at radius 1 is 0.391 bits per heavy atom. The van der Waals surface area contributed by atoms with Crippen molar-refractivity contribution in [3.05, 3.63) is 157 Å². The Morgan fingerprint density at radius 3 is 2.02 bits per heavy atom. The topological polar surface area (TPSA) is 9.23 Å². The molecule has 1 aliphatic heterocycles. The summed E-state index contributed by atoms with van der Waals surface area (Å²) < 4.78 is 6.58. The van der Waals surface area contributed by atoms with Gasteiger partial charge >= 0.3 is 0 Å². The molecule has 0 saturated heterocycles. The Kier molecular flexibility index (Phi) is 5.12. The lowest BCUT2D eigenvalue weighted by Gasteiger charge is -2.23. The average molecular weight is 587 g/mol. The van der Waals surface area contributed by atoms with E-state index in [4.69, 9.17) is 4.74 Å². The molecule has 0 atom stereocenters. The van der Waals surface area contributed by atoms with Crippen LogP contribution in [0.1, 0.15) is 25.0 Å². The molecule has 1 nitrogen and oxygen atoms in total. The monoisotopic (exact) mass is 586 g/mol. The molecule has 0 N–H and O–H groups in total. The van der Waals surface area contributed by atoms with E-state index in [0.29, 0.717) is 0 Å². The van der Waals surface area contributed by atoms with Gasteiger partial charge in [0, 0.05) is 16.4 Å². The first-order chi connectivity index (χ1) is 22.5. The molecular formula is C45H30O. The molecule has 0 saturated carbocycles. The molecule has 8 aromatic rings. The van der Waals surface area contributed by atoms with Gasteiger partial charge in [-0.25, -0.2) is 0 Å². The standard InChI is InChI=1S/C45H30O/c1-45(2)40-13-6-5-10-35(40)38-24-31-16-15-29(23-33(31)26-41(38)45)30-18-20-42-39(25-30)37-12-7-11-36-34(19-21-43(46-42)44(36)37)32-17-14-27-8-3-4-9-28(27)22-32/h3-26H,1-2H3. The first-order valence-electron chi connectivity index (χ1n) is 16.1. The van der Waals surface area contributed by atoms with Gasteiger partial charge in [-0.2, -0.15) is 0 Å². The molecule has 0 fully saturated rings. The molecule has 0 radical (unpaired) electrons. The Hall–Kier alpha value is -5.66. The van der Waals surface area contributed by atoms with E-state index in [2.05, 4.69) is 159 Å². The minimum Gasteiger partial charge on any atom is -0.456 e. The molecule has 1 heteroatoms. The summed E-state index contributed by atoms with van der Waals surface area (Å²) in [7, 11) is 0. The van der Waals surface area contributed by atoms with Gasteiger partial charge in [-0.05, 0) is 119 Å². The fourth-order valence-corrected chi connectivity index (χ4v) is 8.05. The van der Waals surface area contributed by atoms with Crippen molar-refractivity contribution >= 4 is 32.3 Å². The molecule has 0 aromatic heterocycles. The van der Waals surface area contributed by atoms with Crippen LogP contribution in [0.25, 0.3) is 76.8 Å². The number of rotatable bonds is 2. The van der Waals surface area contributed by atoms with Gasteiger partial charge in [-0.3, -0.25) is 0 Å². The van der Waals surface area contributed by atoms with E-state index in [1.54, 1.807) is 0 Å². The van der Waals surface area contributed by atoms with Crippen LogP contribution >= 0.6 is 0 Å². The summed E-state index contributed by atoms with van der Waals surface area (Å²) in [6.45, 7) is 4.70. The number of benzene rings is 8. The lowest BCUT2D eigenvalue weighted by atomic mass is 9.82. The van der Waals surface area contributed by atoms with Gasteiger partial charge in [-0.15, -0.1) is 0 Å². The van der Waals surface area contributed by atoms with Crippen LogP contribution in [0.3, 0.4) is 0 Å². The molecule has 2 aliphatic rings. The predicted molar refractivity (Wildman–Crippen MR) is 193 cm³/mol. The zero-order chi connectivity index (χ0) is 30.6. The van der Waals surface area contributed by atoms with E-state index in [-0.39, 0.29) is 5.41 Å². The quantitative estimate of drug-likeness (QED) is 0.196. The van der Waals surface area contributed by atoms with Crippen molar-refractivity contribution in [2.24, 2.45) is 0 Å². The molecule has 10 rings (SSSR count). The van der Waals surface area contributed by atoms with Crippen molar-refractivity contribution in [1.29, 1.82) is 0 Å². The molecule has 46 heavy (non-hydrogen) atoms. The van der Waals surface area contributed by atoms with E-state index < -0.39 is 0 Å². The summed E-state index contributed by atoms with van der Waals surface area (Å²) in [4.78, 5) is 0. The third-order valence-electron chi connectivity index (χ3n) is 10.4. The second kappa shape index (κ2) is 9.19. The minimum absolute atomic E-state index is 0.0168. The van der Waals surface area contributed by atoms with Crippen molar-refractivity contribution < 1.29 is 4.74 Å². The van der Waals surface area contributed by atoms with Crippen LogP contribution in [0.4, 0.5) is 0 Å². The summed E-state index contributed by atoms with van der Waals surface area (Å²) >= 11 is 0. The molecule has 1 heterocycles. The SMILES string of the molecule is CC1(C)c2ccccc2-c2cc3ccc(-c4ccc5c(c4)-c4cccc6c(-c7ccc8ccccc8c7)ccc(c46)O5)cc3cc21. The van der Waals surface area contributed by atoms with Gasteiger partial charge in [0.1, 0.15) is 11.5 Å². The van der Waals surface area contributed by atoms with Gasteiger partial charge in [0.05, 0.1) is 0 Å². The fraction of sp³-hybridized carbons (Fsp3) is 0.0667. The summed E-state index contributed by atoms with van der Waals surface area (Å²) in [5.74, 6) is 1.82. The van der Waals surface area contributed by atoms with Crippen LogP contribution in [0, 0.1) is 0 Å². The third kappa shape index (κ3) is 3.57. The second-order valence-electron chi connectivity index (χ2n) is 13.3. The first-order valence-corrected chi connectivity index (χ1v) is 16.1. The van der Waals surface area contributed by atoms with Crippen LogP contribution in [0.15, 0.2) is 146 Å². The molecule has 216 valence electrons. The largest absolute Gasteiger partial charge is 0.456 e. The lowest BCUT2D eigenvalue weighted by Crippen LogP contribution is -2.14. The van der Waals surface area contributed by atoms with Gasteiger partial charge < -0.3 is 4.74 Å². The smallest absolute Gasteiger partial charge is 0.135 e. The maximum atomic E-state index is 6.58. The minimum atomic E-state index is -0.0168. The van der Waals surface area contributed by atoms with Gasteiger partial charge in [0.25, 0.3) is 0 Å². The molecular weight excluding hydrogens is 556 g/mol. The van der Waals surface area contributed by atoms with Crippen molar-refractivity contribution in [1.82, 2.24) is 0 Å². The van der Waals surface area contributed by atoms with Crippen LogP contribution in [-0.4, -0.2) is 0 Å². The summed E-state index contributed by atoms with van der Waals surface area (Å²) in [6, 6.07) is 53.5. The molecule has 0 spiro atoms. The first kappa shape index (κ1) is 25.6. The molecule has 8 aromatic carbocycles. The van der Waals surface area contributed by atoms with Crippen LogP contribution < -0.4 is 4.74 Å². The molecule has 0 unspecified atom stereocenters. The number of ether oxygens (including phenoxy) is 1. The Bertz CT molecular complexity index is 2590. The van der Waals surface area contributed by atoms with E-state index in [9.17, 15) is 0 Å². The zero-order valence-corrected chi connectivity index (χ0v) is 25.8. The Balaban J connectivity index is 1.10. The van der Waals surface area contributed by atoms with E-state index in [1.165, 1.54) is 82.4 Å². The summed E-state index contributed by atoms with van der Waals surface area (Å²) in [6.07, 6.45) is 0. The summed E-state index contributed by atoms with van der Waals surface area (Å²) in [5, 5.41) is 7.44. The fourth-order valence-electron chi connectivity index (χ4n) is 8.05. The molecule has 1 aliphatic carbocycles. The molecule has 0 bridgehead atoms. The van der Waals surface area contributed by atoms with Crippen molar-refractivity contribution in [2.45, 2.75) is 19.3 Å². The lowest BCUT2D eigenvalue weighted by molar-refractivity contribution is 0.487.